The number of phenolic OH excluding ortho intramolecular Hbond substituents is 1. The Kier molecular flexibility index (Phi) is 3.79. The number of hydrazone groups is 1. The van der Waals surface area contributed by atoms with E-state index < -0.39 is 0 Å². The summed E-state index contributed by atoms with van der Waals surface area (Å²) in [5.74, 6) is 2.07. The third-order valence-corrected chi connectivity index (χ3v) is 4.82. The fourth-order valence-electron chi connectivity index (χ4n) is 3.59. The van der Waals surface area contributed by atoms with Gasteiger partial charge >= 0.3 is 0 Å². The molecule has 2 atom stereocenters. The van der Waals surface area contributed by atoms with Gasteiger partial charge in [0, 0.05) is 23.5 Å². The van der Waals surface area contributed by atoms with Gasteiger partial charge in [0.05, 0.1) is 18.9 Å². The predicted molar refractivity (Wildman–Crippen MR) is 96.1 cm³/mol. The molecule has 4 rings (SSSR count). The van der Waals surface area contributed by atoms with E-state index >= 15 is 0 Å². The van der Waals surface area contributed by atoms with Crippen molar-refractivity contribution in [1.82, 2.24) is 5.01 Å². The minimum absolute atomic E-state index is 0.0841. The predicted octanol–water partition coefficient (Wildman–Crippen LogP) is 3.93. The lowest BCUT2D eigenvalue weighted by atomic mass is 9.95. The Balaban J connectivity index is 1.79. The molecule has 0 fully saturated rings. The molecule has 0 aromatic heterocycles. The van der Waals surface area contributed by atoms with Crippen LogP contribution in [0.3, 0.4) is 0 Å². The number of hydrogen-bond donors (Lipinski definition) is 1. The van der Waals surface area contributed by atoms with Crippen molar-refractivity contribution in [2.24, 2.45) is 11.0 Å². The second kappa shape index (κ2) is 5.99. The van der Waals surface area contributed by atoms with E-state index in [1.165, 1.54) is 0 Å². The summed E-state index contributed by atoms with van der Waals surface area (Å²) in [6, 6.07) is 13.4. The van der Waals surface area contributed by atoms with Crippen LogP contribution in [0.5, 0.6) is 17.2 Å². The van der Waals surface area contributed by atoms with Crippen molar-refractivity contribution < 1.29 is 14.6 Å². The van der Waals surface area contributed by atoms with Gasteiger partial charge in [-0.1, -0.05) is 38.1 Å². The summed E-state index contributed by atoms with van der Waals surface area (Å²) in [6.07, 6.45) is 0.557. The lowest BCUT2D eigenvalue weighted by Crippen LogP contribution is -2.43. The molecule has 2 aliphatic rings. The van der Waals surface area contributed by atoms with E-state index in [0.717, 1.165) is 34.8 Å². The van der Waals surface area contributed by atoms with Crippen LogP contribution in [-0.4, -0.2) is 29.2 Å². The van der Waals surface area contributed by atoms with Crippen molar-refractivity contribution in [3.63, 3.8) is 0 Å². The van der Waals surface area contributed by atoms with Crippen molar-refractivity contribution in [2.45, 2.75) is 32.5 Å². The number of fused-ring (bicyclic) bond motifs is 3. The molecule has 5 nitrogen and oxygen atoms in total. The van der Waals surface area contributed by atoms with E-state index in [9.17, 15) is 5.11 Å². The van der Waals surface area contributed by atoms with Crippen LogP contribution < -0.4 is 9.47 Å². The molecule has 1 N–H and O–H groups in total. The highest BCUT2D eigenvalue weighted by Gasteiger charge is 2.42. The number of ether oxygens (including phenoxy) is 2. The quantitative estimate of drug-likeness (QED) is 0.921. The van der Waals surface area contributed by atoms with Gasteiger partial charge in [-0.3, -0.25) is 0 Å². The molecule has 2 aliphatic heterocycles. The third-order valence-electron chi connectivity index (χ3n) is 4.82. The number of aromatic hydroxyl groups is 1. The molecule has 0 saturated carbocycles. The molecule has 0 bridgehead atoms. The second-order valence-electron chi connectivity index (χ2n) is 6.79. The van der Waals surface area contributed by atoms with Crippen LogP contribution in [0, 0.1) is 5.92 Å². The van der Waals surface area contributed by atoms with Gasteiger partial charge < -0.3 is 14.6 Å². The summed E-state index contributed by atoms with van der Waals surface area (Å²) in [7, 11) is 1.66. The molecule has 130 valence electrons. The van der Waals surface area contributed by atoms with Gasteiger partial charge in [0.25, 0.3) is 0 Å². The smallest absolute Gasteiger partial charge is 0.190 e. The average Bonchev–Trinajstić information content (AvgIpc) is 3.05. The lowest BCUT2D eigenvalue weighted by Gasteiger charge is -2.40. The highest BCUT2D eigenvalue weighted by atomic mass is 16.5. The van der Waals surface area contributed by atoms with Gasteiger partial charge in [-0.05, 0) is 18.2 Å². The Morgan fingerprint density at radius 1 is 1.20 bits per heavy atom. The number of para-hydroxylation sites is 2. The first-order valence-corrected chi connectivity index (χ1v) is 8.58. The summed E-state index contributed by atoms with van der Waals surface area (Å²) in [5.41, 5.74) is 2.74. The molecule has 2 heterocycles. The van der Waals surface area contributed by atoms with Crippen LogP contribution in [0.2, 0.25) is 0 Å². The second-order valence-corrected chi connectivity index (χ2v) is 6.79. The van der Waals surface area contributed by atoms with Crippen LogP contribution in [0.15, 0.2) is 47.6 Å². The zero-order valence-corrected chi connectivity index (χ0v) is 14.6. The van der Waals surface area contributed by atoms with Gasteiger partial charge in [-0.2, -0.15) is 5.10 Å². The molecule has 2 aromatic carbocycles. The van der Waals surface area contributed by atoms with Crippen LogP contribution >= 0.6 is 0 Å². The van der Waals surface area contributed by atoms with E-state index in [1.807, 2.05) is 35.3 Å². The number of methoxy groups -OCH3 is 1. The fraction of sp³-hybridized carbons (Fsp3) is 0.350. The molecular formula is C20H22N2O3. The summed E-state index contributed by atoms with van der Waals surface area (Å²) < 4.78 is 11.8. The van der Waals surface area contributed by atoms with E-state index in [0.29, 0.717) is 0 Å². The van der Waals surface area contributed by atoms with Crippen molar-refractivity contribution in [3.8, 4) is 17.2 Å². The average molecular weight is 338 g/mol. The maximum atomic E-state index is 10.2. The Morgan fingerprint density at radius 2 is 2.00 bits per heavy atom. The molecule has 5 heteroatoms. The zero-order valence-electron chi connectivity index (χ0n) is 14.6. The van der Waals surface area contributed by atoms with E-state index in [2.05, 4.69) is 19.9 Å². The standard InChI is InChI=1S/C20H22N2O3/c1-12(2)20-22-16(14-8-6-10-18(24-3)19(14)25-20)11-15(21-22)13-7-4-5-9-17(13)23/h4-10,12,16,20,23H,11H2,1-3H3/t16-,20+/m0/s1. The summed E-state index contributed by atoms with van der Waals surface area (Å²) in [6.45, 7) is 4.24. The monoisotopic (exact) mass is 338 g/mol. The first-order valence-electron chi connectivity index (χ1n) is 8.58. The van der Waals surface area contributed by atoms with Crippen LogP contribution in [0.25, 0.3) is 0 Å². The number of phenols is 1. The van der Waals surface area contributed by atoms with Gasteiger partial charge in [-0.25, -0.2) is 5.01 Å². The third kappa shape index (κ3) is 2.51. The fourth-order valence-corrected chi connectivity index (χ4v) is 3.59. The van der Waals surface area contributed by atoms with Crippen LogP contribution in [-0.2, 0) is 0 Å². The van der Waals surface area contributed by atoms with E-state index in [-0.39, 0.29) is 23.9 Å². The molecule has 2 aromatic rings. The minimum Gasteiger partial charge on any atom is -0.507 e. The maximum absolute atomic E-state index is 10.2. The van der Waals surface area contributed by atoms with Gasteiger partial charge in [0.15, 0.2) is 17.7 Å². The lowest BCUT2D eigenvalue weighted by molar-refractivity contribution is -0.0476. The number of rotatable bonds is 3. The van der Waals surface area contributed by atoms with Crippen molar-refractivity contribution in [1.29, 1.82) is 0 Å². The largest absolute Gasteiger partial charge is 0.507 e. The van der Waals surface area contributed by atoms with Crippen molar-refractivity contribution in [3.05, 3.63) is 53.6 Å². The van der Waals surface area contributed by atoms with Gasteiger partial charge in [-0.15, -0.1) is 0 Å². The van der Waals surface area contributed by atoms with Crippen molar-refractivity contribution >= 4 is 5.71 Å². The molecule has 0 amide bonds. The summed E-state index contributed by atoms with van der Waals surface area (Å²) >= 11 is 0. The van der Waals surface area contributed by atoms with E-state index in [4.69, 9.17) is 14.6 Å². The maximum Gasteiger partial charge on any atom is 0.190 e. The minimum atomic E-state index is -0.169. The Hall–Kier alpha value is -2.69. The highest BCUT2D eigenvalue weighted by molar-refractivity contribution is 6.04. The molecule has 0 aliphatic carbocycles. The first kappa shape index (κ1) is 15.8. The van der Waals surface area contributed by atoms with Crippen LogP contribution in [0.1, 0.15) is 37.4 Å². The molecular weight excluding hydrogens is 316 g/mol. The Labute approximate surface area is 147 Å². The van der Waals surface area contributed by atoms with Gasteiger partial charge in [0.1, 0.15) is 5.75 Å². The zero-order chi connectivity index (χ0) is 17.6. The SMILES string of the molecule is COc1cccc2c1O[C@H](C(C)C)N1N=C(c3ccccc3O)C[C@@H]21. The number of nitrogens with zero attached hydrogens (tertiary/aromatic N) is 2. The summed E-state index contributed by atoms with van der Waals surface area (Å²) in [5, 5.41) is 17.1. The van der Waals surface area contributed by atoms with Gasteiger partial charge in [0.2, 0.25) is 0 Å². The Bertz CT molecular complexity index is 831. The number of benzene rings is 2. The highest BCUT2D eigenvalue weighted by Crippen LogP contribution is 2.48. The first-order chi connectivity index (χ1) is 12.1. The number of hydrogen-bond acceptors (Lipinski definition) is 5. The van der Waals surface area contributed by atoms with Crippen LogP contribution in [0.4, 0.5) is 0 Å². The normalized spacial score (nSPS) is 21.4. The molecule has 25 heavy (non-hydrogen) atoms. The molecule has 0 spiro atoms. The topological polar surface area (TPSA) is 54.3 Å². The van der Waals surface area contributed by atoms with E-state index in [1.54, 1.807) is 13.2 Å². The summed E-state index contributed by atoms with van der Waals surface area (Å²) in [4.78, 5) is 0. The molecule has 0 unspecified atom stereocenters. The van der Waals surface area contributed by atoms with Crippen molar-refractivity contribution in [2.75, 3.05) is 7.11 Å². The Morgan fingerprint density at radius 3 is 2.72 bits per heavy atom. The molecule has 0 radical (unpaired) electrons. The molecule has 0 saturated heterocycles.